The normalized spacial score (nSPS) is 15.2. The Hall–Kier alpha value is -1.41. The van der Waals surface area contributed by atoms with Gasteiger partial charge in [0, 0.05) is 24.6 Å². The quantitative estimate of drug-likeness (QED) is 0.687. The van der Waals surface area contributed by atoms with E-state index in [1.807, 2.05) is 13.8 Å². The maximum Gasteiger partial charge on any atom is 0.210 e. The van der Waals surface area contributed by atoms with Crippen molar-refractivity contribution in [2.75, 3.05) is 29.5 Å². The second-order valence-electron chi connectivity index (χ2n) is 5.00. The number of nitrogens with one attached hydrogen (secondary N) is 2. The lowest BCUT2D eigenvalue weighted by atomic mass is 10.2. The molecule has 20 heavy (non-hydrogen) atoms. The molecule has 1 aromatic rings. The molecule has 0 amide bonds. The summed E-state index contributed by atoms with van der Waals surface area (Å²) in [6.45, 7) is 4.94. The van der Waals surface area contributed by atoms with Gasteiger partial charge in [0.2, 0.25) is 10.0 Å². The van der Waals surface area contributed by atoms with Crippen LogP contribution < -0.4 is 15.8 Å². The molecule has 112 valence electrons. The van der Waals surface area contributed by atoms with Crippen LogP contribution in [-0.2, 0) is 10.0 Å². The molecule has 0 atom stereocenters. The Labute approximate surface area is 119 Å². The van der Waals surface area contributed by atoms with Crippen molar-refractivity contribution in [1.29, 1.82) is 0 Å². The standard InChI is InChI=1S/C12H21N5O2S/c1-3-14-10-8(2)11(15-6-7-20(13,18)19)17-12(16-10)9-4-5-9/h9H,3-7H2,1-2H3,(H2,13,18,19)(H2,14,15,16,17). The van der Waals surface area contributed by atoms with Gasteiger partial charge in [-0.05, 0) is 26.7 Å². The van der Waals surface area contributed by atoms with Crippen molar-refractivity contribution in [3.8, 4) is 0 Å². The molecule has 0 radical (unpaired) electrons. The number of rotatable bonds is 7. The zero-order valence-electron chi connectivity index (χ0n) is 11.8. The Morgan fingerprint density at radius 3 is 2.35 bits per heavy atom. The van der Waals surface area contributed by atoms with Crippen LogP contribution in [0.15, 0.2) is 0 Å². The van der Waals surface area contributed by atoms with Gasteiger partial charge < -0.3 is 10.6 Å². The average Bonchev–Trinajstić information content (AvgIpc) is 3.16. The second kappa shape index (κ2) is 5.92. The average molecular weight is 299 g/mol. The summed E-state index contributed by atoms with van der Waals surface area (Å²) in [7, 11) is -3.46. The lowest BCUT2D eigenvalue weighted by Crippen LogP contribution is -2.23. The maximum atomic E-state index is 11.0. The van der Waals surface area contributed by atoms with Crippen molar-refractivity contribution in [2.45, 2.75) is 32.6 Å². The zero-order valence-corrected chi connectivity index (χ0v) is 12.6. The highest BCUT2D eigenvalue weighted by atomic mass is 32.2. The van der Waals surface area contributed by atoms with E-state index in [0.29, 0.717) is 11.7 Å². The largest absolute Gasteiger partial charge is 0.370 e. The number of anilines is 2. The van der Waals surface area contributed by atoms with Gasteiger partial charge in [-0.3, -0.25) is 0 Å². The molecular formula is C12H21N5O2S. The summed E-state index contributed by atoms with van der Waals surface area (Å²) in [5.41, 5.74) is 0.894. The van der Waals surface area contributed by atoms with E-state index in [2.05, 4.69) is 20.6 Å². The first-order valence-electron chi connectivity index (χ1n) is 6.77. The molecule has 1 aliphatic rings. The van der Waals surface area contributed by atoms with Crippen molar-refractivity contribution < 1.29 is 8.42 Å². The van der Waals surface area contributed by atoms with E-state index in [4.69, 9.17) is 5.14 Å². The van der Waals surface area contributed by atoms with Gasteiger partial charge in [0.1, 0.15) is 17.5 Å². The van der Waals surface area contributed by atoms with Crippen LogP contribution >= 0.6 is 0 Å². The third-order valence-electron chi connectivity index (χ3n) is 3.13. The predicted octanol–water partition coefficient (Wildman–Crippen LogP) is 0.795. The SMILES string of the molecule is CCNc1nc(C2CC2)nc(NCCS(N)(=O)=O)c1C. The first kappa shape index (κ1) is 15.0. The van der Waals surface area contributed by atoms with Crippen LogP contribution in [0.1, 0.15) is 37.1 Å². The number of nitrogens with zero attached hydrogens (tertiary/aromatic N) is 2. The molecule has 1 aromatic heterocycles. The summed E-state index contributed by atoms with van der Waals surface area (Å²) in [4.78, 5) is 9.04. The molecule has 7 nitrogen and oxygen atoms in total. The van der Waals surface area contributed by atoms with Gasteiger partial charge >= 0.3 is 0 Å². The van der Waals surface area contributed by atoms with E-state index < -0.39 is 10.0 Å². The van der Waals surface area contributed by atoms with Crippen molar-refractivity contribution in [3.63, 3.8) is 0 Å². The molecule has 1 aliphatic carbocycles. The molecule has 0 bridgehead atoms. The molecule has 0 aliphatic heterocycles. The fourth-order valence-corrected chi connectivity index (χ4v) is 2.27. The molecule has 0 unspecified atom stereocenters. The van der Waals surface area contributed by atoms with E-state index >= 15 is 0 Å². The molecule has 1 heterocycles. The zero-order chi connectivity index (χ0) is 14.8. The van der Waals surface area contributed by atoms with Gasteiger partial charge in [0.25, 0.3) is 0 Å². The Kier molecular flexibility index (Phi) is 4.44. The highest BCUT2D eigenvalue weighted by Gasteiger charge is 2.28. The fourth-order valence-electron chi connectivity index (χ4n) is 1.88. The Morgan fingerprint density at radius 1 is 1.25 bits per heavy atom. The van der Waals surface area contributed by atoms with Gasteiger partial charge in [-0.1, -0.05) is 0 Å². The summed E-state index contributed by atoms with van der Waals surface area (Å²) in [5, 5.41) is 11.2. The van der Waals surface area contributed by atoms with Gasteiger partial charge in [-0.2, -0.15) is 0 Å². The Morgan fingerprint density at radius 2 is 1.85 bits per heavy atom. The molecule has 4 N–H and O–H groups in total. The summed E-state index contributed by atoms with van der Waals surface area (Å²) in [6, 6.07) is 0. The maximum absolute atomic E-state index is 11.0. The van der Waals surface area contributed by atoms with Crippen molar-refractivity contribution >= 4 is 21.7 Å². The topological polar surface area (TPSA) is 110 Å². The van der Waals surface area contributed by atoms with E-state index in [-0.39, 0.29) is 12.3 Å². The highest BCUT2D eigenvalue weighted by molar-refractivity contribution is 7.89. The number of aromatic nitrogens is 2. The molecule has 0 spiro atoms. The van der Waals surface area contributed by atoms with Crippen LogP contribution in [-0.4, -0.2) is 37.2 Å². The van der Waals surface area contributed by atoms with Crippen LogP contribution in [0, 0.1) is 6.92 Å². The highest BCUT2D eigenvalue weighted by Crippen LogP contribution is 2.39. The first-order valence-corrected chi connectivity index (χ1v) is 8.49. The number of primary sulfonamides is 1. The molecule has 0 saturated heterocycles. The van der Waals surface area contributed by atoms with Crippen LogP contribution in [0.4, 0.5) is 11.6 Å². The minimum absolute atomic E-state index is 0.119. The third-order valence-corrected chi connectivity index (χ3v) is 3.90. The van der Waals surface area contributed by atoms with E-state index in [9.17, 15) is 8.42 Å². The molecule has 0 aromatic carbocycles. The van der Waals surface area contributed by atoms with Crippen molar-refractivity contribution in [3.05, 3.63) is 11.4 Å². The van der Waals surface area contributed by atoms with Crippen molar-refractivity contribution in [1.82, 2.24) is 9.97 Å². The second-order valence-corrected chi connectivity index (χ2v) is 6.74. The van der Waals surface area contributed by atoms with Crippen LogP contribution in [0.25, 0.3) is 0 Å². The summed E-state index contributed by atoms with van der Waals surface area (Å²) in [6.07, 6.45) is 2.23. The van der Waals surface area contributed by atoms with Gasteiger partial charge in [0.15, 0.2) is 0 Å². The van der Waals surface area contributed by atoms with Crippen molar-refractivity contribution in [2.24, 2.45) is 5.14 Å². The van der Waals surface area contributed by atoms with E-state index in [1.165, 1.54) is 0 Å². The fraction of sp³-hybridized carbons (Fsp3) is 0.667. The van der Waals surface area contributed by atoms with E-state index in [1.54, 1.807) is 0 Å². The Bertz CT molecular complexity index is 584. The molecule has 1 fully saturated rings. The smallest absolute Gasteiger partial charge is 0.210 e. The Balaban J connectivity index is 2.17. The minimum atomic E-state index is -3.46. The van der Waals surface area contributed by atoms with Crippen LogP contribution in [0.3, 0.4) is 0 Å². The molecule has 8 heteroatoms. The van der Waals surface area contributed by atoms with Gasteiger partial charge in [0.05, 0.1) is 5.75 Å². The molecular weight excluding hydrogens is 278 g/mol. The lowest BCUT2D eigenvalue weighted by molar-refractivity contribution is 0.598. The van der Waals surface area contributed by atoms with Gasteiger partial charge in [-0.25, -0.2) is 23.5 Å². The minimum Gasteiger partial charge on any atom is -0.370 e. The third kappa shape index (κ3) is 4.04. The lowest BCUT2D eigenvalue weighted by Gasteiger charge is -2.14. The monoisotopic (exact) mass is 299 g/mol. The molecule has 2 rings (SSSR count). The number of hydrogen-bond donors (Lipinski definition) is 3. The summed E-state index contributed by atoms with van der Waals surface area (Å²) >= 11 is 0. The number of hydrogen-bond acceptors (Lipinski definition) is 6. The predicted molar refractivity (Wildman–Crippen MR) is 79.4 cm³/mol. The van der Waals surface area contributed by atoms with Gasteiger partial charge in [-0.15, -0.1) is 0 Å². The summed E-state index contributed by atoms with van der Waals surface area (Å²) in [5.74, 6) is 2.63. The summed E-state index contributed by atoms with van der Waals surface area (Å²) < 4.78 is 21.9. The number of nitrogens with two attached hydrogens (primary N) is 1. The van der Waals surface area contributed by atoms with Crippen LogP contribution in [0.2, 0.25) is 0 Å². The van der Waals surface area contributed by atoms with Crippen LogP contribution in [0.5, 0.6) is 0 Å². The first-order chi connectivity index (χ1) is 9.40. The number of sulfonamides is 1. The molecule has 1 saturated carbocycles. The van der Waals surface area contributed by atoms with E-state index in [0.717, 1.165) is 36.6 Å².